The summed E-state index contributed by atoms with van der Waals surface area (Å²) in [5.41, 5.74) is -0.0221. The molecular formula is C13H17N3O2. The second-order valence-electron chi connectivity index (χ2n) is 4.47. The minimum atomic E-state index is -1.11. The molecule has 1 aromatic heterocycles. The van der Waals surface area contributed by atoms with Gasteiger partial charge in [-0.25, -0.2) is 9.78 Å². The van der Waals surface area contributed by atoms with E-state index in [9.17, 15) is 9.90 Å². The van der Waals surface area contributed by atoms with Gasteiger partial charge in [-0.1, -0.05) is 13.3 Å². The largest absolute Gasteiger partial charge is 0.480 e. The van der Waals surface area contributed by atoms with E-state index in [1.165, 1.54) is 0 Å². The first kappa shape index (κ1) is 14.0. The number of anilines is 1. The van der Waals surface area contributed by atoms with Gasteiger partial charge in [-0.05, 0) is 32.4 Å². The van der Waals surface area contributed by atoms with Crippen LogP contribution in [0, 0.1) is 18.3 Å². The topological polar surface area (TPSA) is 86.0 Å². The van der Waals surface area contributed by atoms with Gasteiger partial charge in [0, 0.05) is 5.69 Å². The van der Waals surface area contributed by atoms with Crippen molar-refractivity contribution in [3.05, 3.63) is 23.4 Å². The summed E-state index contributed by atoms with van der Waals surface area (Å²) in [6, 6.07) is 5.37. The third-order valence-electron chi connectivity index (χ3n) is 2.77. The van der Waals surface area contributed by atoms with Crippen molar-refractivity contribution < 1.29 is 9.90 Å². The number of rotatable bonds is 5. The summed E-state index contributed by atoms with van der Waals surface area (Å²) in [7, 11) is 0. The van der Waals surface area contributed by atoms with Gasteiger partial charge >= 0.3 is 5.97 Å². The van der Waals surface area contributed by atoms with Crippen LogP contribution in [0.4, 0.5) is 5.82 Å². The van der Waals surface area contributed by atoms with Gasteiger partial charge in [-0.2, -0.15) is 5.26 Å². The van der Waals surface area contributed by atoms with Gasteiger partial charge in [-0.3, -0.25) is 0 Å². The van der Waals surface area contributed by atoms with E-state index < -0.39 is 11.5 Å². The number of hydrogen-bond donors (Lipinski definition) is 2. The lowest BCUT2D eigenvalue weighted by Gasteiger charge is -2.26. The lowest BCUT2D eigenvalue weighted by Crippen LogP contribution is -2.43. The van der Waals surface area contributed by atoms with Gasteiger partial charge in [0.25, 0.3) is 0 Å². The van der Waals surface area contributed by atoms with Crippen molar-refractivity contribution in [1.29, 1.82) is 5.26 Å². The molecule has 1 rings (SSSR count). The van der Waals surface area contributed by atoms with Crippen molar-refractivity contribution in [2.75, 3.05) is 5.32 Å². The molecule has 1 heterocycles. The summed E-state index contributed by atoms with van der Waals surface area (Å²) in [6.07, 6.45) is 1.19. The summed E-state index contributed by atoms with van der Waals surface area (Å²) in [6.45, 7) is 5.31. The number of nitrogens with zero attached hydrogens (tertiary/aromatic N) is 2. The lowest BCUT2D eigenvalue weighted by atomic mass is 9.96. The van der Waals surface area contributed by atoms with Crippen molar-refractivity contribution >= 4 is 11.8 Å². The molecule has 0 bridgehead atoms. The molecule has 0 saturated heterocycles. The Hall–Kier alpha value is -2.09. The Morgan fingerprint density at radius 2 is 2.28 bits per heavy atom. The Morgan fingerprint density at radius 1 is 1.61 bits per heavy atom. The van der Waals surface area contributed by atoms with E-state index in [1.807, 2.05) is 13.0 Å². The Kier molecular flexibility index (Phi) is 4.27. The van der Waals surface area contributed by atoms with E-state index in [1.54, 1.807) is 26.0 Å². The maximum Gasteiger partial charge on any atom is 0.329 e. The molecule has 5 heteroatoms. The highest BCUT2D eigenvalue weighted by molar-refractivity contribution is 5.82. The Labute approximate surface area is 106 Å². The monoisotopic (exact) mass is 247 g/mol. The number of nitriles is 1. The molecule has 0 aliphatic carbocycles. The number of aliphatic carboxylic acids is 1. The van der Waals surface area contributed by atoms with Gasteiger partial charge in [-0.15, -0.1) is 0 Å². The molecule has 0 radical (unpaired) electrons. The van der Waals surface area contributed by atoms with E-state index in [0.717, 1.165) is 12.1 Å². The second-order valence-corrected chi connectivity index (χ2v) is 4.47. The van der Waals surface area contributed by atoms with E-state index in [0.29, 0.717) is 17.8 Å². The van der Waals surface area contributed by atoms with Gasteiger partial charge in [0.05, 0.1) is 5.56 Å². The summed E-state index contributed by atoms with van der Waals surface area (Å²) < 4.78 is 0. The third-order valence-corrected chi connectivity index (χ3v) is 2.77. The number of aryl methyl sites for hydroxylation is 1. The highest BCUT2D eigenvalue weighted by atomic mass is 16.4. The van der Waals surface area contributed by atoms with Crippen molar-refractivity contribution in [2.24, 2.45) is 0 Å². The maximum absolute atomic E-state index is 11.3. The van der Waals surface area contributed by atoms with Crippen molar-refractivity contribution in [2.45, 2.75) is 39.2 Å². The van der Waals surface area contributed by atoms with Crippen LogP contribution in [0.15, 0.2) is 12.1 Å². The molecule has 0 aliphatic rings. The molecule has 96 valence electrons. The third kappa shape index (κ3) is 2.98. The minimum absolute atomic E-state index is 0.329. The number of carboxylic acids is 1. The van der Waals surface area contributed by atoms with Gasteiger partial charge in [0.1, 0.15) is 17.4 Å². The Balaban J connectivity index is 3.12. The van der Waals surface area contributed by atoms with E-state index in [4.69, 9.17) is 5.26 Å². The molecule has 18 heavy (non-hydrogen) atoms. The predicted molar refractivity (Wildman–Crippen MR) is 68.3 cm³/mol. The average Bonchev–Trinajstić information content (AvgIpc) is 2.29. The van der Waals surface area contributed by atoms with E-state index in [2.05, 4.69) is 10.3 Å². The van der Waals surface area contributed by atoms with Crippen LogP contribution in [0.2, 0.25) is 0 Å². The zero-order valence-corrected chi connectivity index (χ0v) is 10.8. The minimum Gasteiger partial charge on any atom is -0.480 e. The quantitative estimate of drug-likeness (QED) is 0.833. The number of carbonyl (C=O) groups is 1. The average molecular weight is 247 g/mol. The highest BCUT2D eigenvalue weighted by Crippen LogP contribution is 2.22. The summed E-state index contributed by atoms with van der Waals surface area (Å²) in [5.74, 6) is -0.618. The summed E-state index contributed by atoms with van der Waals surface area (Å²) in [4.78, 5) is 15.5. The van der Waals surface area contributed by atoms with Crippen LogP contribution in [-0.4, -0.2) is 21.6 Å². The normalized spacial score (nSPS) is 13.4. The standard InChI is InChI=1S/C13H17N3O2/c1-4-7-13(3,12(17)18)16-11-10(8-14)6-5-9(2)15-11/h5-6H,4,7H2,1-3H3,(H,15,16)(H,17,18). The van der Waals surface area contributed by atoms with Crippen LogP contribution in [0.25, 0.3) is 0 Å². The van der Waals surface area contributed by atoms with Gasteiger partial charge in [0.15, 0.2) is 0 Å². The molecular weight excluding hydrogens is 230 g/mol. The van der Waals surface area contributed by atoms with Gasteiger partial charge in [0.2, 0.25) is 0 Å². The first-order chi connectivity index (χ1) is 8.42. The van der Waals surface area contributed by atoms with Crippen LogP contribution < -0.4 is 5.32 Å². The lowest BCUT2D eigenvalue weighted by molar-refractivity contribution is -0.142. The van der Waals surface area contributed by atoms with Crippen LogP contribution in [0.3, 0.4) is 0 Å². The maximum atomic E-state index is 11.3. The van der Waals surface area contributed by atoms with Gasteiger partial charge < -0.3 is 10.4 Å². The molecule has 1 aromatic rings. The first-order valence-electron chi connectivity index (χ1n) is 5.82. The fourth-order valence-corrected chi connectivity index (χ4v) is 1.73. The summed E-state index contributed by atoms with van der Waals surface area (Å²) >= 11 is 0. The molecule has 0 saturated carbocycles. The fraction of sp³-hybridized carbons (Fsp3) is 0.462. The molecule has 5 nitrogen and oxygen atoms in total. The molecule has 1 unspecified atom stereocenters. The number of pyridine rings is 1. The van der Waals surface area contributed by atoms with Crippen LogP contribution in [-0.2, 0) is 4.79 Å². The first-order valence-corrected chi connectivity index (χ1v) is 5.82. The van der Waals surface area contributed by atoms with Crippen molar-refractivity contribution in [3.8, 4) is 6.07 Å². The molecule has 0 spiro atoms. The van der Waals surface area contributed by atoms with E-state index in [-0.39, 0.29) is 0 Å². The van der Waals surface area contributed by atoms with Crippen LogP contribution in [0.1, 0.15) is 37.9 Å². The number of carboxylic acid groups (broad SMARTS) is 1. The fourth-order valence-electron chi connectivity index (χ4n) is 1.73. The zero-order chi connectivity index (χ0) is 13.8. The predicted octanol–water partition coefficient (Wildman–Crippen LogP) is 2.32. The van der Waals surface area contributed by atoms with Crippen molar-refractivity contribution in [3.63, 3.8) is 0 Å². The SMILES string of the molecule is CCCC(C)(Nc1nc(C)ccc1C#N)C(=O)O. The Bertz CT molecular complexity index is 493. The van der Waals surface area contributed by atoms with Crippen LogP contribution >= 0.6 is 0 Å². The Morgan fingerprint density at radius 3 is 2.78 bits per heavy atom. The molecule has 0 fully saturated rings. The number of aromatic nitrogens is 1. The van der Waals surface area contributed by atoms with Crippen molar-refractivity contribution in [1.82, 2.24) is 4.98 Å². The van der Waals surface area contributed by atoms with E-state index >= 15 is 0 Å². The second kappa shape index (κ2) is 5.50. The smallest absolute Gasteiger partial charge is 0.329 e. The number of hydrogen-bond acceptors (Lipinski definition) is 4. The molecule has 0 amide bonds. The highest BCUT2D eigenvalue weighted by Gasteiger charge is 2.33. The molecule has 0 aliphatic heterocycles. The molecule has 0 aromatic carbocycles. The number of nitrogens with one attached hydrogen (secondary N) is 1. The summed E-state index contributed by atoms with van der Waals surface area (Å²) in [5, 5.41) is 21.2. The molecule has 1 atom stereocenters. The zero-order valence-electron chi connectivity index (χ0n) is 10.8. The molecule has 2 N–H and O–H groups in total. The van der Waals surface area contributed by atoms with Crippen LogP contribution in [0.5, 0.6) is 0 Å².